The lowest BCUT2D eigenvalue weighted by Gasteiger charge is -2.42. The molecule has 17 heteroatoms. The molecule has 2 atom stereocenters. The summed E-state index contributed by atoms with van der Waals surface area (Å²) in [4.78, 5) is 31.0. The van der Waals surface area contributed by atoms with Crippen LogP contribution >= 0.6 is 7.14 Å². The van der Waals surface area contributed by atoms with Gasteiger partial charge in [-0.05, 0) is 75.4 Å². The molecule has 56 heavy (non-hydrogen) atoms. The minimum Gasteiger partial charge on any atom is -0.508 e. The quantitative estimate of drug-likeness (QED) is 0.123. The lowest BCUT2D eigenvalue weighted by atomic mass is 9.95. The van der Waals surface area contributed by atoms with E-state index < -0.39 is 54.8 Å². The summed E-state index contributed by atoms with van der Waals surface area (Å²) in [7, 11) is -3.49. The number of ether oxygens (including phenoxy) is 1. The van der Waals surface area contributed by atoms with E-state index in [0.29, 0.717) is 45.3 Å². The van der Waals surface area contributed by atoms with Crippen molar-refractivity contribution in [3.8, 4) is 35.4 Å². The number of anilines is 1. The molecule has 4 aliphatic rings. The molecule has 2 bridgehead atoms. The highest BCUT2D eigenvalue weighted by Gasteiger charge is 2.52. The molecule has 4 aromatic rings. The molecule has 4 fully saturated rings. The molecule has 2 aromatic carbocycles. The number of nitrogens with zero attached hydrogens (tertiary/aromatic N) is 6. The number of rotatable bonds is 8. The van der Waals surface area contributed by atoms with Gasteiger partial charge in [-0.2, -0.15) is 23.1 Å². The highest BCUT2D eigenvalue weighted by Crippen LogP contribution is 2.48. The van der Waals surface area contributed by atoms with E-state index in [4.69, 9.17) is 16.1 Å². The molecule has 1 saturated carbocycles. The SMILES string of the molecule is C#Cc1c(F)ccc2cc(O)cc(-c3nc(P(C)(C)=O)c4c(N5C[C@H]6CC[C@@H](C5)N6C(=O)C(F)(F)F)nc(OCC5(CN6CCC(F)CC6)CC5)nc4c3F)c12. The lowest BCUT2D eigenvalue weighted by Crippen LogP contribution is -2.59. The number of aromatic nitrogens is 3. The fourth-order valence-electron chi connectivity index (χ4n) is 8.56. The highest BCUT2D eigenvalue weighted by atomic mass is 31.2. The van der Waals surface area contributed by atoms with Crippen LogP contribution in [0.4, 0.5) is 32.2 Å². The maximum atomic E-state index is 17.4. The van der Waals surface area contributed by atoms with Gasteiger partial charge in [0.05, 0.1) is 29.6 Å². The van der Waals surface area contributed by atoms with E-state index in [1.807, 2.05) is 0 Å². The Kier molecular flexibility index (Phi) is 9.43. The molecular weight excluding hydrogens is 761 g/mol. The molecule has 0 radical (unpaired) electrons. The van der Waals surface area contributed by atoms with E-state index in [9.17, 15) is 32.0 Å². The van der Waals surface area contributed by atoms with Crippen LogP contribution in [-0.4, -0.2) is 113 Å². The molecule has 8 rings (SSSR count). The van der Waals surface area contributed by atoms with Gasteiger partial charge in [-0.15, -0.1) is 6.42 Å². The number of halogens is 6. The van der Waals surface area contributed by atoms with Gasteiger partial charge in [0.1, 0.15) is 47.3 Å². The number of alkyl halides is 4. The van der Waals surface area contributed by atoms with Crippen molar-refractivity contribution in [1.29, 1.82) is 0 Å². The molecule has 3 aliphatic heterocycles. The van der Waals surface area contributed by atoms with Gasteiger partial charge in [0.25, 0.3) is 0 Å². The van der Waals surface area contributed by atoms with Crippen LogP contribution in [0.15, 0.2) is 24.3 Å². The summed E-state index contributed by atoms with van der Waals surface area (Å²) in [5.74, 6) is -1.73. The maximum absolute atomic E-state index is 17.4. The van der Waals surface area contributed by atoms with E-state index >= 15 is 8.78 Å². The summed E-state index contributed by atoms with van der Waals surface area (Å²) >= 11 is 0. The van der Waals surface area contributed by atoms with Crippen molar-refractivity contribution < 1.29 is 45.5 Å². The van der Waals surface area contributed by atoms with Crippen LogP contribution in [0.3, 0.4) is 0 Å². The normalized spacial score (nSPS) is 21.5. The number of pyridine rings is 1. The number of aromatic hydroxyl groups is 1. The molecule has 0 unspecified atom stereocenters. The highest BCUT2D eigenvalue weighted by molar-refractivity contribution is 7.70. The van der Waals surface area contributed by atoms with Crippen molar-refractivity contribution in [3.05, 3.63) is 41.5 Å². The van der Waals surface area contributed by atoms with Gasteiger partial charge in [0.15, 0.2) is 5.82 Å². The van der Waals surface area contributed by atoms with Crippen molar-refractivity contribution in [2.24, 2.45) is 5.41 Å². The Hall–Kier alpha value is -4.61. The first-order valence-corrected chi connectivity index (χ1v) is 21.1. The number of piperazine rings is 1. The van der Waals surface area contributed by atoms with Crippen LogP contribution in [0.25, 0.3) is 32.9 Å². The predicted molar refractivity (Wildman–Crippen MR) is 199 cm³/mol. The van der Waals surface area contributed by atoms with Gasteiger partial charge in [-0.25, -0.2) is 18.2 Å². The Labute approximate surface area is 318 Å². The first-order chi connectivity index (χ1) is 26.5. The Bertz CT molecular complexity index is 2340. The molecule has 1 aliphatic carbocycles. The van der Waals surface area contributed by atoms with Gasteiger partial charge in [-0.3, -0.25) is 4.79 Å². The predicted octanol–water partition coefficient (Wildman–Crippen LogP) is 6.39. The van der Waals surface area contributed by atoms with Crippen LogP contribution in [-0.2, 0) is 9.36 Å². The van der Waals surface area contributed by atoms with Crippen molar-refractivity contribution in [2.75, 3.05) is 57.6 Å². The average Bonchev–Trinajstić information content (AvgIpc) is 3.86. The fourth-order valence-corrected chi connectivity index (χ4v) is 9.65. The van der Waals surface area contributed by atoms with Crippen molar-refractivity contribution in [2.45, 2.75) is 63.0 Å². The topological polar surface area (TPSA) is 112 Å². The van der Waals surface area contributed by atoms with Crippen molar-refractivity contribution in [3.63, 3.8) is 0 Å². The Morgan fingerprint density at radius 2 is 1.71 bits per heavy atom. The molecule has 1 amide bonds. The van der Waals surface area contributed by atoms with E-state index in [1.54, 1.807) is 4.90 Å². The number of phenolic OH excluding ortho intramolecular Hbond substituents is 1. The van der Waals surface area contributed by atoms with Gasteiger partial charge in [0.2, 0.25) is 0 Å². The van der Waals surface area contributed by atoms with E-state index in [-0.39, 0.29) is 80.9 Å². The third-order valence-corrected chi connectivity index (χ3v) is 12.8. The molecule has 10 nitrogen and oxygen atoms in total. The van der Waals surface area contributed by atoms with Gasteiger partial charge < -0.3 is 29.1 Å². The molecule has 5 heterocycles. The number of hydrogen-bond donors (Lipinski definition) is 1. The van der Waals surface area contributed by atoms with E-state index in [0.717, 1.165) is 23.8 Å². The number of carbonyl (C=O) groups is 1. The van der Waals surface area contributed by atoms with Crippen LogP contribution in [0.2, 0.25) is 0 Å². The van der Waals surface area contributed by atoms with Crippen molar-refractivity contribution >= 4 is 46.0 Å². The summed E-state index contributed by atoms with van der Waals surface area (Å²) in [6.07, 6.45) is 2.92. The molecule has 1 N–H and O–H groups in total. The van der Waals surface area contributed by atoms with Crippen LogP contribution < -0.4 is 15.1 Å². The lowest BCUT2D eigenvalue weighted by molar-refractivity contribution is -0.188. The number of terminal acetylenes is 1. The number of amides is 1. The third-order valence-electron chi connectivity index (χ3n) is 11.5. The number of benzene rings is 2. The molecular formula is C39H39F6N6O4P. The third kappa shape index (κ3) is 6.91. The zero-order chi connectivity index (χ0) is 39.9. The number of piperidine rings is 1. The Balaban J connectivity index is 1.29. The molecule has 296 valence electrons. The largest absolute Gasteiger partial charge is 0.508 e. The van der Waals surface area contributed by atoms with Gasteiger partial charge in [-0.1, -0.05) is 12.0 Å². The first kappa shape index (κ1) is 38.3. The number of likely N-dealkylation sites (tertiary alicyclic amines) is 1. The van der Waals surface area contributed by atoms with Gasteiger partial charge >= 0.3 is 18.1 Å². The standard InChI is InChI=1S/C39H39F6N6O4P/c1-4-26-28(41)8-5-21-15-25(52)16-27(29(21)26)32-31(42)33-30(35(46-32)56(2,3)54)34(50-17-23-6-7-24(18-50)51(23)36(53)39(43,44)45)48-37(47-33)55-20-38(11-12-38)19-49-13-9-22(40)10-14-49/h1,5,8,15-16,22-24,52H,6-7,9-14,17-20H2,2-3H3/t23-,24+. The van der Waals surface area contributed by atoms with E-state index in [2.05, 4.69) is 20.8 Å². The summed E-state index contributed by atoms with van der Waals surface area (Å²) in [5.41, 5.74) is -1.48. The summed E-state index contributed by atoms with van der Waals surface area (Å²) in [5, 5.41) is 11.0. The zero-order valence-electron chi connectivity index (χ0n) is 30.7. The molecule has 2 aromatic heterocycles. The average molecular weight is 801 g/mol. The number of fused-ring (bicyclic) bond motifs is 4. The number of hydrogen-bond acceptors (Lipinski definition) is 9. The maximum Gasteiger partial charge on any atom is 0.471 e. The smallest absolute Gasteiger partial charge is 0.471 e. The van der Waals surface area contributed by atoms with Crippen molar-refractivity contribution in [1.82, 2.24) is 24.8 Å². The summed E-state index contributed by atoms with van der Waals surface area (Å²) < 4.78 is 108. The number of phenols is 1. The van der Waals surface area contributed by atoms with Crippen LogP contribution in [0, 0.1) is 29.4 Å². The number of carbonyl (C=O) groups excluding carboxylic acids is 1. The summed E-state index contributed by atoms with van der Waals surface area (Å²) in [6, 6.07) is 3.07. The van der Waals surface area contributed by atoms with E-state index in [1.165, 1.54) is 31.5 Å². The fraction of sp³-hybridized carbons (Fsp3) is 0.487. The Morgan fingerprint density at radius 3 is 2.32 bits per heavy atom. The molecule has 3 saturated heterocycles. The second-order valence-electron chi connectivity index (χ2n) is 15.9. The van der Waals surface area contributed by atoms with Crippen LogP contribution in [0.5, 0.6) is 11.8 Å². The summed E-state index contributed by atoms with van der Waals surface area (Å²) in [6.45, 7) is 4.63. The second-order valence-corrected chi connectivity index (χ2v) is 19.0. The molecule has 0 spiro atoms. The van der Waals surface area contributed by atoms with Crippen LogP contribution in [0.1, 0.15) is 44.1 Å². The second kappa shape index (κ2) is 13.8. The van der Waals surface area contributed by atoms with Gasteiger partial charge in [0, 0.05) is 49.1 Å². The zero-order valence-corrected chi connectivity index (χ0v) is 31.6. The first-order valence-electron chi connectivity index (χ1n) is 18.5. The minimum atomic E-state index is -5.07. The minimum absolute atomic E-state index is 0.0314. The Morgan fingerprint density at radius 1 is 1.04 bits per heavy atom. The monoisotopic (exact) mass is 800 g/mol.